The Hall–Kier alpha value is 3.01. The maximum Gasteiger partial charge on any atom is 3.00 e. The Morgan fingerprint density at radius 2 is 0.571 bits per heavy atom. The van der Waals surface area contributed by atoms with Crippen molar-refractivity contribution in [3.63, 3.8) is 0 Å². The van der Waals surface area contributed by atoms with Crippen LogP contribution in [0.4, 0.5) is 0 Å². The Labute approximate surface area is 116 Å². The van der Waals surface area contributed by atoms with Gasteiger partial charge in [-0.3, -0.25) is 0 Å². The fourth-order valence-electron chi connectivity index (χ4n) is 0. The van der Waals surface area contributed by atoms with E-state index in [0.29, 0.717) is 0 Å². The summed E-state index contributed by atoms with van der Waals surface area (Å²) in [4.78, 5) is 0. The van der Waals surface area contributed by atoms with E-state index in [0.717, 1.165) is 0 Å². The Bertz CT molecular complexity index is 11.7. The van der Waals surface area contributed by atoms with E-state index in [-0.39, 0.29) is 119 Å². The first-order valence-corrected chi connectivity index (χ1v) is 0. The van der Waals surface area contributed by atoms with Crippen LogP contribution in [0.3, 0.4) is 0 Å². The SMILES string of the molecule is [Ba+2].[Bi+3].[OH-].[OH-].[OH-].[OH-].[Ti]. The van der Waals surface area contributed by atoms with Crippen LogP contribution < -0.4 is 0 Å². The fourth-order valence-corrected chi connectivity index (χ4v) is 0. The summed E-state index contributed by atoms with van der Waals surface area (Å²) in [5.41, 5.74) is 0. The quantitative estimate of drug-likeness (QED) is 0.409. The van der Waals surface area contributed by atoms with E-state index < -0.39 is 0 Å². The van der Waals surface area contributed by atoms with Gasteiger partial charge in [-0.15, -0.1) is 0 Å². The third-order valence-corrected chi connectivity index (χ3v) is 0. The van der Waals surface area contributed by atoms with Crippen molar-refractivity contribution in [1.29, 1.82) is 0 Å². The van der Waals surface area contributed by atoms with Gasteiger partial charge in [-0.1, -0.05) is 0 Å². The fraction of sp³-hybridized carbons (Fsp3) is 0. The van der Waals surface area contributed by atoms with Gasteiger partial charge in [-0.2, -0.15) is 0 Å². The van der Waals surface area contributed by atoms with Gasteiger partial charge in [0.15, 0.2) is 0 Å². The minimum Gasteiger partial charge on any atom is -0.870 e. The molecule has 0 bridgehead atoms. The van der Waals surface area contributed by atoms with Crippen molar-refractivity contribution in [1.82, 2.24) is 0 Å². The van der Waals surface area contributed by atoms with Crippen molar-refractivity contribution in [3.05, 3.63) is 0 Å². The van der Waals surface area contributed by atoms with Crippen molar-refractivity contribution < 1.29 is 43.6 Å². The molecule has 4 nitrogen and oxygen atoms in total. The summed E-state index contributed by atoms with van der Waals surface area (Å²) in [5, 5.41) is 0. The first-order chi connectivity index (χ1) is 0. The second kappa shape index (κ2) is 63.8. The number of hydrogen-bond donors (Lipinski definition) is 0. The molecular formula is H4BaBiO4Ti+. The Morgan fingerprint density at radius 1 is 0.571 bits per heavy atom. The van der Waals surface area contributed by atoms with Crippen molar-refractivity contribution >= 4 is 75.1 Å². The van der Waals surface area contributed by atoms with Gasteiger partial charge in [0.1, 0.15) is 0 Å². The molecule has 0 aromatic rings. The summed E-state index contributed by atoms with van der Waals surface area (Å²) in [7, 11) is 0. The molecule has 0 atom stereocenters. The Balaban J connectivity index is 0. The summed E-state index contributed by atoms with van der Waals surface area (Å²) in [6.45, 7) is 0. The van der Waals surface area contributed by atoms with Gasteiger partial charge in [-0.25, -0.2) is 0 Å². The molecule has 2 radical (unpaired) electrons. The average Bonchev–Trinajstić information content (AvgIpc) is 0. The third-order valence-electron chi connectivity index (χ3n) is 0. The molecule has 38 valence electrons. The summed E-state index contributed by atoms with van der Waals surface area (Å²) in [6.07, 6.45) is 0. The molecule has 0 aromatic heterocycles. The van der Waals surface area contributed by atoms with Gasteiger partial charge in [0.25, 0.3) is 0 Å². The number of hydrogen-bond acceptors (Lipinski definition) is 4. The molecule has 0 rings (SSSR count). The summed E-state index contributed by atoms with van der Waals surface area (Å²) >= 11 is 0. The molecule has 0 saturated carbocycles. The smallest absolute Gasteiger partial charge is 0.870 e. The van der Waals surface area contributed by atoms with Crippen LogP contribution in [0.25, 0.3) is 0 Å². The molecule has 4 N–H and O–H groups in total. The minimum absolute atomic E-state index is 0. The average molecular weight is 462 g/mol. The monoisotopic (exact) mass is 463 g/mol. The van der Waals surface area contributed by atoms with Crippen LogP contribution in [0.15, 0.2) is 0 Å². The zero-order chi connectivity index (χ0) is 0. The van der Waals surface area contributed by atoms with Crippen LogP contribution >= 0.6 is 0 Å². The van der Waals surface area contributed by atoms with Crippen LogP contribution in [0.1, 0.15) is 0 Å². The van der Waals surface area contributed by atoms with Crippen molar-refractivity contribution in [2.24, 2.45) is 0 Å². The van der Waals surface area contributed by atoms with Gasteiger partial charge in [0.2, 0.25) is 0 Å². The normalized spacial score (nSPS) is 0. The van der Waals surface area contributed by atoms with Crippen LogP contribution in [0.2, 0.25) is 0 Å². The van der Waals surface area contributed by atoms with Gasteiger partial charge >= 0.3 is 75.1 Å². The second-order valence-electron chi connectivity index (χ2n) is 0. The summed E-state index contributed by atoms with van der Waals surface area (Å²) in [6, 6.07) is 0. The van der Waals surface area contributed by atoms with Gasteiger partial charge in [0.05, 0.1) is 0 Å². The van der Waals surface area contributed by atoms with E-state index in [1.807, 2.05) is 0 Å². The molecule has 7 heteroatoms. The molecule has 0 fully saturated rings. The van der Waals surface area contributed by atoms with Crippen LogP contribution in [0.5, 0.6) is 0 Å². The van der Waals surface area contributed by atoms with Gasteiger partial charge in [0, 0.05) is 21.7 Å². The molecule has 0 aliphatic carbocycles. The van der Waals surface area contributed by atoms with Crippen molar-refractivity contribution in [2.45, 2.75) is 0 Å². The standard InChI is InChI=1S/Ba.Bi.4H2O.Ti/h;;4*1H2;/q+2;+3;;;;;/p-4. The molecule has 0 saturated heterocycles. The van der Waals surface area contributed by atoms with Crippen LogP contribution in [-0.4, -0.2) is 97.0 Å². The van der Waals surface area contributed by atoms with E-state index in [1.165, 1.54) is 0 Å². The largest absolute Gasteiger partial charge is 3.00 e. The molecule has 7 heavy (non-hydrogen) atoms. The zero-order valence-corrected chi connectivity index (χ0v) is 12.9. The molecule has 0 amide bonds. The zero-order valence-electron chi connectivity index (χ0n) is 3.44. The van der Waals surface area contributed by atoms with E-state index in [1.54, 1.807) is 0 Å². The molecular weight excluding hydrogens is 458 g/mol. The first kappa shape index (κ1) is 89.7. The molecule has 0 aromatic carbocycles. The van der Waals surface area contributed by atoms with E-state index in [2.05, 4.69) is 0 Å². The van der Waals surface area contributed by atoms with Crippen LogP contribution in [0, 0.1) is 0 Å². The Morgan fingerprint density at radius 3 is 0.571 bits per heavy atom. The Kier molecular flexibility index (Phi) is 818. The predicted molar refractivity (Wildman–Crippen MR) is 19.3 cm³/mol. The maximum absolute atomic E-state index is 0. The second-order valence-corrected chi connectivity index (χ2v) is 0. The van der Waals surface area contributed by atoms with Crippen molar-refractivity contribution in [2.75, 3.05) is 0 Å². The predicted octanol–water partition coefficient (Wildman–Crippen LogP) is -1.47. The van der Waals surface area contributed by atoms with E-state index >= 15 is 0 Å². The molecule has 0 unspecified atom stereocenters. The van der Waals surface area contributed by atoms with E-state index in [4.69, 9.17) is 0 Å². The van der Waals surface area contributed by atoms with Crippen molar-refractivity contribution in [3.8, 4) is 0 Å². The third kappa shape index (κ3) is 48.9. The molecule has 0 heterocycles. The topological polar surface area (TPSA) is 120 Å². The first-order valence-electron chi connectivity index (χ1n) is 0. The van der Waals surface area contributed by atoms with Gasteiger partial charge in [-0.05, 0) is 0 Å². The molecule has 0 aliphatic rings. The van der Waals surface area contributed by atoms with Gasteiger partial charge < -0.3 is 21.9 Å². The molecule has 0 aliphatic heterocycles. The summed E-state index contributed by atoms with van der Waals surface area (Å²) < 4.78 is 0. The molecule has 0 spiro atoms. The number of rotatable bonds is 0. The minimum atomic E-state index is 0. The summed E-state index contributed by atoms with van der Waals surface area (Å²) in [5.74, 6) is 0. The van der Waals surface area contributed by atoms with E-state index in [9.17, 15) is 0 Å². The van der Waals surface area contributed by atoms with Crippen LogP contribution in [-0.2, 0) is 21.7 Å². The maximum atomic E-state index is 0.